The molecule has 1 saturated heterocycles. The van der Waals surface area contributed by atoms with Gasteiger partial charge in [-0.25, -0.2) is 4.39 Å². The Hall–Kier alpha value is -1.76. The number of halogens is 4. The molecule has 1 heterocycles. The lowest BCUT2D eigenvalue weighted by Crippen LogP contribution is -2.23. The molecule has 0 radical (unpaired) electrons. The molecule has 0 aliphatic carbocycles. The van der Waals surface area contributed by atoms with Gasteiger partial charge in [0.15, 0.2) is 11.6 Å². The largest absolute Gasteiger partial charge is 0.432 e. The number of benzene rings is 2. The van der Waals surface area contributed by atoms with Crippen molar-refractivity contribution in [2.24, 2.45) is 11.7 Å². The van der Waals surface area contributed by atoms with Crippen molar-refractivity contribution in [2.45, 2.75) is 19.1 Å². The summed E-state index contributed by atoms with van der Waals surface area (Å²) < 4.78 is 42.4. The summed E-state index contributed by atoms with van der Waals surface area (Å²) in [6, 6.07) is 14.4. The van der Waals surface area contributed by atoms with Gasteiger partial charge in [0.2, 0.25) is 0 Å². The van der Waals surface area contributed by atoms with Crippen LogP contribution in [0, 0.1) is 11.7 Å². The lowest BCUT2D eigenvalue weighted by atomic mass is 9.89. The van der Waals surface area contributed by atoms with Crippen LogP contribution in [0.4, 0.5) is 13.2 Å². The smallest absolute Gasteiger partial charge is 0.387 e. The van der Waals surface area contributed by atoms with Crippen LogP contribution in [0.1, 0.15) is 17.0 Å². The van der Waals surface area contributed by atoms with E-state index < -0.39 is 18.2 Å². The Bertz CT molecular complexity index is 702. The van der Waals surface area contributed by atoms with Gasteiger partial charge in [0.25, 0.3) is 0 Å². The topological polar surface area (TPSA) is 38.5 Å². The van der Waals surface area contributed by atoms with Crippen LogP contribution in [0.2, 0.25) is 0 Å². The lowest BCUT2D eigenvalue weighted by Gasteiger charge is -2.17. The van der Waals surface area contributed by atoms with E-state index in [1.807, 2.05) is 18.2 Å². The summed E-state index contributed by atoms with van der Waals surface area (Å²) in [6.07, 6.45) is 0. The molecule has 3 nitrogen and oxygen atoms in total. The molecular formula is C19H22ClF3N2O. The van der Waals surface area contributed by atoms with E-state index in [2.05, 4.69) is 21.8 Å². The Labute approximate surface area is 157 Å². The molecule has 0 bridgehead atoms. The van der Waals surface area contributed by atoms with Crippen LogP contribution in [0.15, 0.2) is 48.5 Å². The zero-order chi connectivity index (χ0) is 17.8. The van der Waals surface area contributed by atoms with Crippen molar-refractivity contribution in [3.05, 3.63) is 65.5 Å². The first-order valence-electron chi connectivity index (χ1n) is 8.27. The highest BCUT2D eigenvalue weighted by Gasteiger charge is 2.32. The molecule has 142 valence electrons. The summed E-state index contributed by atoms with van der Waals surface area (Å²) in [5, 5.41) is 0. The monoisotopic (exact) mass is 386 g/mol. The highest BCUT2D eigenvalue weighted by Crippen LogP contribution is 2.33. The standard InChI is InChI=1S/C19H21F3N2O.ClH/c20-17-8-13(6-7-18(17)25-19(21)22)10-24-11-15(9-23)16(12-24)14-4-2-1-3-5-14;/h1-8,15-16,19H,9-12,23H2;1H/t15-,16+;/m1./s1. The van der Waals surface area contributed by atoms with E-state index >= 15 is 0 Å². The molecule has 0 spiro atoms. The van der Waals surface area contributed by atoms with Crippen molar-refractivity contribution < 1.29 is 17.9 Å². The molecule has 3 rings (SSSR count). The molecule has 1 fully saturated rings. The van der Waals surface area contributed by atoms with Gasteiger partial charge in [-0.05, 0) is 35.7 Å². The normalized spacial score (nSPS) is 20.2. The van der Waals surface area contributed by atoms with Gasteiger partial charge < -0.3 is 10.5 Å². The predicted molar refractivity (Wildman–Crippen MR) is 97.3 cm³/mol. The van der Waals surface area contributed by atoms with Crippen LogP contribution < -0.4 is 10.5 Å². The first kappa shape index (κ1) is 20.6. The van der Waals surface area contributed by atoms with Gasteiger partial charge in [0, 0.05) is 25.6 Å². The van der Waals surface area contributed by atoms with Crippen molar-refractivity contribution >= 4 is 12.4 Å². The Morgan fingerprint density at radius 3 is 2.46 bits per heavy atom. The summed E-state index contributed by atoms with van der Waals surface area (Å²) in [5.74, 6) is -0.514. The number of nitrogens with two attached hydrogens (primary N) is 1. The minimum Gasteiger partial charge on any atom is -0.432 e. The molecule has 2 aromatic rings. The van der Waals surface area contributed by atoms with E-state index in [-0.39, 0.29) is 12.4 Å². The van der Waals surface area contributed by atoms with Crippen LogP contribution >= 0.6 is 12.4 Å². The van der Waals surface area contributed by atoms with Gasteiger partial charge in [-0.2, -0.15) is 8.78 Å². The highest BCUT2D eigenvalue weighted by molar-refractivity contribution is 5.85. The van der Waals surface area contributed by atoms with Gasteiger partial charge >= 0.3 is 6.61 Å². The summed E-state index contributed by atoms with van der Waals surface area (Å²) >= 11 is 0. The predicted octanol–water partition coefficient (Wildman–Crippen LogP) is 4.02. The summed E-state index contributed by atoms with van der Waals surface area (Å²) in [5.41, 5.74) is 7.92. The molecule has 2 atom stereocenters. The molecule has 1 aliphatic rings. The first-order chi connectivity index (χ1) is 12.1. The fourth-order valence-electron chi connectivity index (χ4n) is 3.50. The van der Waals surface area contributed by atoms with E-state index in [1.165, 1.54) is 17.7 Å². The zero-order valence-corrected chi connectivity index (χ0v) is 15.0. The second-order valence-corrected chi connectivity index (χ2v) is 6.35. The number of alkyl halides is 2. The molecule has 26 heavy (non-hydrogen) atoms. The average Bonchev–Trinajstić information content (AvgIpc) is 3.01. The van der Waals surface area contributed by atoms with Gasteiger partial charge in [-0.15, -0.1) is 12.4 Å². The van der Waals surface area contributed by atoms with E-state index in [4.69, 9.17) is 5.73 Å². The highest BCUT2D eigenvalue weighted by atomic mass is 35.5. The van der Waals surface area contributed by atoms with Gasteiger partial charge in [0.1, 0.15) is 0 Å². The fraction of sp³-hybridized carbons (Fsp3) is 0.368. The van der Waals surface area contributed by atoms with Crippen molar-refractivity contribution in [2.75, 3.05) is 19.6 Å². The molecule has 2 N–H and O–H groups in total. The van der Waals surface area contributed by atoms with Crippen LogP contribution in [0.5, 0.6) is 5.75 Å². The fourth-order valence-corrected chi connectivity index (χ4v) is 3.50. The molecule has 2 aromatic carbocycles. The lowest BCUT2D eigenvalue weighted by molar-refractivity contribution is -0.0522. The Morgan fingerprint density at radius 2 is 1.85 bits per heavy atom. The summed E-state index contributed by atoms with van der Waals surface area (Å²) in [4.78, 5) is 2.22. The molecule has 1 aliphatic heterocycles. The van der Waals surface area contributed by atoms with Gasteiger partial charge in [0.05, 0.1) is 0 Å². The Balaban J connectivity index is 0.00000243. The first-order valence-corrected chi connectivity index (χ1v) is 8.27. The van der Waals surface area contributed by atoms with Crippen molar-refractivity contribution in [3.63, 3.8) is 0 Å². The zero-order valence-electron chi connectivity index (χ0n) is 14.2. The molecule has 7 heteroatoms. The van der Waals surface area contributed by atoms with Crippen molar-refractivity contribution in [3.8, 4) is 5.75 Å². The minimum atomic E-state index is -3.03. The van der Waals surface area contributed by atoms with Gasteiger partial charge in [-0.3, -0.25) is 4.90 Å². The number of ether oxygens (including phenoxy) is 1. The molecular weight excluding hydrogens is 365 g/mol. The number of hydrogen-bond acceptors (Lipinski definition) is 3. The van der Waals surface area contributed by atoms with E-state index in [0.717, 1.165) is 18.7 Å². The van der Waals surface area contributed by atoms with E-state index in [9.17, 15) is 13.2 Å². The number of likely N-dealkylation sites (tertiary alicyclic amines) is 1. The van der Waals surface area contributed by atoms with Gasteiger partial charge in [-0.1, -0.05) is 36.4 Å². The number of hydrogen-bond donors (Lipinski definition) is 1. The van der Waals surface area contributed by atoms with Crippen LogP contribution in [0.25, 0.3) is 0 Å². The summed E-state index contributed by atoms with van der Waals surface area (Å²) in [6.45, 7) is -0.233. The Morgan fingerprint density at radius 1 is 1.12 bits per heavy atom. The molecule has 0 unspecified atom stereocenters. The van der Waals surface area contributed by atoms with Crippen molar-refractivity contribution in [1.29, 1.82) is 0 Å². The second kappa shape index (κ2) is 9.26. The second-order valence-electron chi connectivity index (χ2n) is 6.35. The maximum atomic E-state index is 13.9. The Kier molecular flexibility index (Phi) is 7.32. The minimum absolute atomic E-state index is 0. The maximum Gasteiger partial charge on any atom is 0.387 e. The molecule has 0 aromatic heterocycles. The van der Waals surface area contributed by atoms with E-state index in [1.54, 1.807) is 6.07 Å². The third kappa shape index (κ3) is 4.90. The third-order valence-corrected chi connectivity index (χ3v) is 4.67. The third-order valence-electron chi connectivity index (χ3n) is 4.67. The van der Waals surface area contributed by atoms with Crippen LogP contribution in [-0.2, 0) is 6.54 Å². The quantitative estimate of drug-likeness (QED) is 0.814. The average molecular weight is 387 g/mol. The van der Waals surface area contributed by atoms with Crippen LogP contribution in [-0.4, -0.2) is 31.1 Å². The number of rotatable bonds is 6. The van der Waals surface area contributed by atoms with Crippen LogP contribution in [0.3, 0.4) is 0 Å². The summed E-state index contributed by atoms with van der Waals surface area (Å²) in [7, 11) is 0. The van der Waals surface area contributed by atoms with Crippen molar-refractivity contribution in [1.82, 2.24) is 4.90 Å². The SMILES string of the molecule is Cl.NC[C@@H]1CN(Cc2ccc(OC(F)F)c(F)c2)C[C@H]1c1ccccc1. The maximum absolute atomic E-state index is 13.9. The van der Waals surface area contributed by atoms with E-state index in [0.29, 0.717) is 24.9 Å². The molecule has 0 amide bonds. The molecule has 0 saturated carbocycles. The number of nitrogens with zero attached hydrogens (tertiary/aromatic N) is 1.